The molecular formula is C17H23N. The number of fused-ring (bicyclic) bond motifs is 1. The van der Waals surface area contributed by atoms with Gasteiger partial charge in [-0.1, -0.05) is 51.1 Å². The maximum absolute atomic E-state index is 2.34. The first-order valence-electron chi connectivity index (χ1n) is 6.70. The lowest BCUT2D eigenvalue weighted by Gasteiger charge is -2.19. The van der Waals surface area contributed by atoms with Crippen molar-refractivity contribution in [2.75, 3.05) is 19.0 Å². The maximum Gasteiger partial charge on any atom is 0.0440 e. The molecule has 0 radical (unpaired) electrons. The molecule has 1 heteroatoms. The normalized spacial score (nSPS) is 13.0. The van der Waals surface area contributed by atoms with E-state index in [4.69, 9.17) is 0 Å². The van der Waals surface area contributed by atoms with Crippen LogP contribution in [0, 0.1) is 5.92 Å². The van der Waals surface area contributed by atoms with E-state index in [1.54, 1.807) is 0 Å². The Morgan fingerprint density at radius 2 is 1.67 bits per heavy atom. The van der Waals surface area contributed by atoms with Crippen molar-refractivity contribution in [2.24, 2.45) is 5.92 Å². The molecule has 0 saturated carbocycles. The number of benzene rings is 2. The highest BCUT2D eigenvalue weighted by molar-refractivity contribution is 5.94. The van der Waals surface area contributed by atoms with Crippen molar-refractivity contribution in [3.63, 3.8) is 0 Å². The fraction of sp³-hybridized carbons (Fsp3) is 0.412. The zero-order valence-electron chi connectivity index (χ0n) is 12.1. The SMILES string of the molecule is CC(C)C(C)c1ccc2c(N(C)C)cccc2c1. The Kier molecular flexibility index (Phi) is 3.60. The van der Waals surface area contributed by atoms with E-state index in [1.807, 2.05) is 0 Å². The molecule has 0 spiro atoms. The van der Waals surface area contributed by atoms with Gasteiger partial charge < -0.3 is 4.90 Å². The molecule has 0 aliphatic rings. The van der Waals surface area contributed by atoms with E-state index in [0.717, 1.165) is 0 Å². The summed E-state index contributed by atoms with van der Waals surface area (Å²) in [6.07, 6.45) is 0. The number of hydrogen-bond acceptors (Lipinski definition) is 1. The average Bonchev–Trinajstić information content (AvgIpc) is 2.36. The second-order valence-corrected chi connectivity index (χ2v) is 5.68. The van der Waals surface area contributed by atoms with Gasteiger partial charge in [-0.05, 0) is 28.9 Å². The molecule has 0 heterocycles. The topological polar surface area (TPSA) is 3.24 Å². The minimum atomic E-state index is 0.609. The van der Waals surface area contributed by atoms with Crippen molar-refractivity contribution >= 4 is 16.5 Å². The fourth-order valence-corrected chi connectivity index (χ4v) is 2.34. The molecule has 2 aromatic rings. The molecule has 0 amide bonds. The van der Waals surface area contributed by atoms with E-state index in [1.165, 1.54) is 22.0 Å². The highest BCUT2D eigenvalue weighted by Gasteiger charge is 2.11. The standard InChI is InChI=1S/C17H23N/c1-12(2)13(3)14-9-10-16-15(11-14)7-6-8-17(16)18(4)5/h6-13H,1-5H3. The summed E-state index contributed by atoms with van der Waals surface area (Å²) in [6, 6.07) is 13.4. The van der Waals surface area contributed by atoms with Crippen LogP contribution in [0.25, 0.3) is 10.8 Å². The minimum absolute atomic E-state index is 0.609. The quantitative estimate of drug-likeness (QED) is 0.755. The first kappa shape index (κ1) is 12.9. The average molecular weight is 241 g/mol. The third-order valence-electron chi connectivity index (χ3n) is 3.89. The van der Waals surface area contributed by atoms with Gasteiger partial charge in [0.2, 0.25) is 0 Å². The second kappa shape index (κ2) is 5.01. The number of rotatable bonds is 3. The Balaban J connectivity index is 2.54. The lowest BCUT2D eigenvalue weighted by atomic mass is 9.89. The van der Waals surface area contributed by atoms with Crippen LogP contribution in [-0.4, -0.2) is 14.1 Å². The molecule has 1 nitrogen and oxygen atoms in total. The van der Waals surface area contributed by atoms with E-state index in [9.17, 15) is 0 Å². The van der Waals surface area contributed by atoms with Crippen LogP contribution in [0.1, 0.15) is 32.3 Å². The van der Waals surface area contributed by atoms with Crippen molar-refractivity contribution in [3.8, 4) is 0 Å². The molecule has 0 saturated heterocycles. The van der Waals surface area contributed by atoms with Gasteiger partial charge in [-0.15, -0.1) is 0 Å². The van der Waals surface area contributed by atoms with Crippen LogP contribution in [0.15, 0.2) is 36.4 Å². The summed E-state index contributed by atoms with van der Waals surface area (Å²) in [5.41, 5.74) is 2.73. The summed E-state index contributed by atoms with van der Waals surface area (Å²) in [5.74, 6) is 1.29. The predicted octanol–water partition coefficient (Wildman–Crippen LogP) is 4.67. The highest BCUT2D eigenvalue weighted by Crippen LogP contribution is 2.30. The van der Waals surface area contributed by atoms with E-state index < -0.39 is 0 Å². The van der Waals surface area contributed by atoms with Gasteiger partial charge in [0.25, 0.3) is 0 Å². The van der Waals surface area contributed by atoms with Gasteiger partial charge in [-0.2, -0.15) is 0 Å². The summed E-state index contributed by atoms with van der Waals surface area (Å²) >= 11 is 0. The Morgan fingerprint density at radius 1 is 0.944 bits per heavy atom. The number of anilines is 1. The van der Waals surface area contributed by atoms with Gasteiger partial charge in [-0.25, -0.2) is 0 Å². The van der Waals surface area contributed by atoms with Crippen molar-refractivity contribution in [1.29, 1.82) is 0 Å². The Bertz CT molecular complexity index is 540. The molecule has 0 N–H and O–H groups in total. The van der Waals surface area contributed by atoms with Crippen LogP contribution in [0.4, 0.5) is 5.69 Å². The monoisotopic (exact) mass is 241 g/mol. The lowest BCUT2D eigenvalue weighted by molar-refractivity contribution is 0.535. The molecule has 0 aliphatic carbocycles. The molecule has 96 valence electrons. The molecule has 2 aromatic carbocycles. The highest BCUT2D eigenvalue weighted by atomic mass is 15.1. The summed E-state index contributed by atoms with van der Waals surface area (Å²) in [7, 11) is 4.19. The molecule has 0 bridgehead atoms. The third kappa shape index (κ3) is 2.35. The van der Waals surface area contributed by atoms with Crippen LogP contribution in [0.2, 0.25) is 0 Å². The number of nitrogens with zero attached hydrogens (tertiary/aromatic N) is 1. The Morgan fingerprint density at radius 3 is 2.28 bits per heavy atom. The van der Waals surface area contributed by atoms with E-state index in [-0.39, 0.29) is 0 Å². The van der Waals surface area contributed by atoms with E-state index >= 15 is 0 Å². The van der Waals surface area contributed by atoms with E-state index in [2.05, 4.69) is 76.2 Å². The van der Waals surface area contributed by atoms with Gasteiger partial charge >= 0.3 is 0 Å². The second-order valence-electron chi connectivity index (χ2n) is 5.68. The van der Waals surface area contributed by atoms with Gasteiger partial charge in [0.05, 0.1) is 0 Å². The van der Waals surface area contributed by atoms with Gasteiger partial charge in [0.15, 0.2) is 0 Å². The predicted molar refractivity (Wildman–Crippen MR) is 81.5 cm³/mol. The maximum atomic E-state index is 2.34. The van der Waals surface area contributed by atoms with Crippen LogP contribution in [-0.2, 0) is 0 Å². The third-order valence-corrected chi connectivity index (χ3v) is 3.89. The van der Waals surface area contributed by atoms with Crippen LogP contribution in [0.5, 0.6) is 0 Å². The summed E-state index contributed by atoms with van der Waals surface area (Å²) < 4.78 is 0. The zero-order chi connectivity index (χ0) is 13.3. The fourth-order valence-electron chi connectivity index (χ4n) is 2.34. The Hall–Kier alpha value is -1.50. The van der Waals surface area contributed by atoms with Crippen molar-refractivity contribution in [3.05, 3.63) is 42.0 Å². The molecule has 1 unspecified atom stereocenters. The summed E-state index contributed by atoms with van der Waals surface area (Å²) in [5, 5.41) is 2.67. The molecule has 18 heavy (non-hydrogen) atoms. The smallest absolute Gasteiger partial charge is 0.0440 e. The molecule has 0 aromatic heterocycles. The zero-order valence-corrected chi connectivity index (χ0v) is 12.1. The number of hydrogen-bond donors (Lipinski definition) is 0. The first-order chi connectivity index (χ1) is 8.50. The molecule has 0 aliphatic heterocycles. The first-order valence-corrected chi connectivity index (χ1v) is 6.70. The van der Waals surface area contributed by atoms with E-state index in [0.29, 0.717) is 11.8 Å². The van der Waals surface area contributed by atoms with Gasteiger partial charge in [0, 0.05) is 25.2 Å². The van der Waals surface area contributed by atoms with Gasteiger partial charge in [-0.3, -0.25) is 0 Å². The Labute approximate surface area is 110 Å². The lowest BCUT2D eigenvalue weighted by Crippen LogP contribution is -2.09. The molecular weight excluding hydrogens is 218 g/mol. The van der Waals surface area contributed by atoms with Crippen LogP contribution < -0.4 is 4.90 Å². The molecule has 0 fully saturated rings. The van der Waals surface area contributed by atoms with Crippen LogP contribution >= 0.6 is 0 Å². The minimum Gasteiger partial charge on any atom is -0.377 e. The molecule has 2 rings (SSSR count). The summed E-state index contributed by atoms with van der Waals surface area (Å²) in [4.78, 5) is 2.17. The van der Waals surface area contributed by atoms with Crippen molar-refractivity contribution < 1.29 is 0 Å². The van der Waals surface area contributed by atoms with Crippen molar-refractivity contribution in [2.45, 2.75) is 26.7 Å². The van der Waals surface area contributed by atoms with Crippen molar-refractivity contribution in [1.82, 2.24) is 0 Å². The summed E-state index contributed by atoms with van der Waals surface area (Å²) in [6.45, 7) is 6.87. The largest absolute Gasteiger partial charge is 0.377 e. The van der Waals surface area contributed by atoms with Crippen LogP contribution in [0.3, 0.4) is 0 Å². The molecule has 1 atom stereocenters. The van der Waals surface area contributed by atoms with Gasteiger partial charge in [0.1, 0.15) is 0 Å².